The highest BCUT2D eigenvalue weighted by Crippen LogP contribution is 2.21. The van der Waals surface area contributed by atoms with E-state index in [1.807, 2.05) is 20.8 Å². The van der Waals surface area contributed by atoms with Gasteiger partial charge in [0.1, 0.15) is 11.6 Å². The number of nitrogen functional groups attached to an aromatic ring is 1. The van der Waals surface area contributed by atoms with E-state index in [0.717, 1.165) is 6.20 Å². The van der Waals surface area contributed by atoms with Gasteiger partial charge in [0.05, 0.1) is 5.56 Å². The first-order valence-electron chi connectivity index (χ1n) is 4.54. The number of halogens is 2. The van der Waals surface area contributed by atoms with Gasteiger partial charge in [0.2, 0.25) is 0 Å². The molecule has 0 fully saturated rings. The van der Waals surface area contributed by atoms with Crippen LogP contribution in [0.5, 0.6) is 0 Å². The van der Waals surface area contributed by atoms with Crippen LogP contribution in [0.4, 0.5) is 14.6 Å². The summed E-state index contributed by atoms with van der Waals surface area (Å²) in [4.78, 5) is 7.41. The van der Waals surface area contributed by atoms with Gasteiger partial charge in [-0.25, -0.2) is 18.7 Å². The second-order valence-electron chi connectivity index (χ2n) is 2.28. The average molecular weight is 203 g/mol. The van der Waals surface area contributed by atoms with Gasteiger partial charge in [0, 0.05) is 12.6 Å². The van der Waals surface area contributed by atoms with Crippen molar-refractivity contribution in [1.29, 1.82) is 0 Å². The van der Waals surface area contributed by atoms with Crippen molar-refractivity contribution in [2.45, 2.75) is 33.6 Å². The van der Waals surface area contributed by atoms with E-state index in [1.165, 1.54) is 0 Å². The van der Waals surface area contributed by atoms with Crippen LogP contribution in [-0.2, 0) is 6.42 Å². The van der Waals surface area contributed by atoms with Crippen molar-refractivity contribution < 1.29 is 8.78 Å². The van der Waals surface area contributed by atoms with Crippen molar-refractivity contribution in [3.63, 3.8) is 0 Å². The molecule has 0 aliphatic rings. The molecule has 0 radical (unpaired) electrons. The predicted molar refractivity (Wildman–Crippen MR) is 52.1 cm³/mol. The molecule has 0 unspecified atom stereocenters. The summed E-state index contributed by atoms with van der Waals surface area (Å²) in [5.41, 5.74) is 4.97. The number of aryl methyl sites for hydroxylation is 1. The van der Waals surface area contributed by atoms with Crippen LogP contribution in [0.15, 0.2) is 6.20 Å². The molecule has 0 spiro atoms. The number of anilines is 1. The lowest BCUT2D eigenvalue weighted by Gasteiger charge is -2.03. The highest BCUT2D eigenvalue weighted by Gasteiger charge is 2.12. The molecule has 0 aliphatic heterocycles. The topological polar surface area (TPSA) is 51.8 Å². The fourth-order valence-corrected chi connectivity index (χ4v) is 0.781. The number of rotatable bonds is 2. The van der Waals surface area contributed by atoms with Crippen molar-refractivity contribution in [2.75, 3.05) is 5.73 Å². The van der Waals surface area contributed by atoms with Gasteiger partial charge < -0.3 is 5.73 Å². The molecule has 14 heavy (non-hydrogen) atoms. The standard InChI is InChI=1S/C7H9F2N3.C2H6/c1-2-5-11-3-4(6(8)9)7(10)12-5;1-2/h3,6H,2H2,1H3,(H2,10,11,12);1-2H3. The molecule has 1 rings (SSSR count). The summed E-state index contributed by atoms with van der Waals surface area (Å²) in [6.07, 6.45) is -0.935. The first kappa shape index (κ1) is 12.7. The van der Waals surface area contributed by atoms with Crippen molar-refractivity contribution in [1.82, 2.24) is 9.97 Å². The Morgan fingerprint density at radius 1 is 1.43 bits per heavy atom. The minimum Gasteiger partial charge on any atom is -0.383 e. The van der Waals surface area contributed by atoms with Gasteiger partial charge in [0.25, 0.3) is 6.43 Å². The first-order valence-corrected chi connectivity index (χ1v) is 4.54. The third-order valence-electron chi connectivity index (χ3n) is 1.45. The summed E-state index contributed by atoms with van der Waals surface area (Å²) < 4.78 is 24.2. The molecule has 80 valence electrons. The largest absolute Gasteiger partial charge is 0.383 e. The van der Waals surface area contributed by atoms with Crippen molar-refractivity contribution in [3.8, 4) is 0 Å². The Morgan fingerprint density at radius 2 is 2.00 bits per heavy atom. The molecule has 2 N–H and O–H groups in total. The molecule has 0 aromatic carbocycles. The van der Waals surface area contributed by atoms with E-state index in [2.05, 4.69) is 9.97 Å². The molecule has 3 nitrogen and oxygen atoms in total. The number of alkyl halides is 2. The Morgan fingerprint density at radius 3 is 2.36 bits per heavy atom. The Bertz CT molecular complexity index is 277. The lowest BCUT2D eigenvalue weighted by molar-refractivity contribution is 0.151. The molecule has 0 saturated carbocycles. The van der Waals surface area contributed by atoms with E-state index in [-0.39, 0.29) is 11.4 Å². The minimum absolute atomic E-state index is 0.128. The van der Waals surface area contributed by atoms with Crippen molar-refractivity contribution in [3.05, 3.63) is 17.6 Å². The molecule has 0 aliphatic carbocycles. The van der Waals surface area contributed by atoms with Crippen LogP contribution < -0.4 is 5.73 Å². The molecule has 1 aromatic rings. The Balaban J connectivity index is 0.000000791. The molecule has 1 heterocycles. The van der Waals surface area contributed by atoms with Gasteiger partial charge in [0.15, 0.2) is 0 Å². The zero-order valence-electron chi connectivity index (χ0n) is 8.59. The van der Waals surface area contributed by atoms with Crippen molar-refractivity contribution >= 4 is 5.82 Å². The summed E-state index contributed by atoms with van der Waals surface area (Å²) in [5.74, 6) is 0.355. The number of hydrogen-bond acceptors (Lipinski definition) is 3. The van der Waals surface area contributed by atoms with E-state index in [1.54, 1.807) is 0 Å². The Hall–Kier alpha value is -1.26. The lowest BCUT2D eigenvalue weighted by Crippen LogP contribution is -2.03. The zero-order chi connectivity index (χ0) is 11.1. The van der Waals surface area contributed by atoms with Crippen LogP contribution in [0.25, 0.3) is 0 Å². The van der Waals surface area contributed by atoms with Gasteiger partial charge >= 0.3 is 0 Å². The second-order valence-corrected chi connectivity index (χ2v) is 2.28. The molecule has 0 bridgehead atoms. The maximum Gasteiger partial charge on any atom is 0.268 e. The summed E-state index contributed by atoms with van der Waals surface area (Å²) >= 11 is 0. The predicted octanol–water partition coefficient (Wildman–Crippen LogP) is 2.58. The van der Waals surface area contributed by atoms with Crippen LogP contribution in [0.2, 0.25) is 0 Å². The quantitative estimate of drug-likeness (QED) is 0.803. The fourth-order valence-electron chi connectivity index (χ4n) is 0.781. The van der Waals surface area contributed by atoms with E-state index in [0.29, 0.717) is 12.2 Å². The highest BCUT2D eigenvalue weighted by molar-refractivity contribution is 5.38. The second kappa shape index (κ2) is 6.23. The zero-order valence-corrected chi connectivity index (χ0v) is 8.59. The fraction of sp³-hybridized carbons (Fsp3) is 0.556. The number of aromatic nitrogens is 2. The maximum atomic E-state index is 12.1. The summed E-state index contributed by atoms with van der Waals surface area (Å²) in [7, 11) is 0. The summed E-state index contributed by atoms with van der Waals surface area (Å²) in [5, 5.41) is 0. The van der Waals surface area contributed by atoms with Gasteiger partial charge in [-0.1, -0.05) is 20.8 Å². The minimum atomic E-state index is -2.60. The van der Waals surface area contributed by atoms with Crippen LogP contribution in [0, 0.1) is 0 Å². The molecule has 0 atom stereocenters. The van der Waals surface area contributed by atoms with Gasteiger partial charge in [-0.05, 0) is 0 Å². The van der Waals surface area contributed by atoms with E-state index >= 15 is 0 Å². The third kappa shape index (κ3) is 3.24. The summed E-state index contributed by atoms with van der Waals surface area (Å²) in [6, 6.07) is 0. The Labute approximate surface area is 82.4 Å². The maximum absolute atomic E-state index is 12.1. The van der Waals surface area contributed by atoms with Crippen molar-refractivity contribution in [2.24, 2.45) is 0 Å². The molecule has 0 saturated heterocycles. The molecule has 5 heteroatoms. The summed E-state index contributed by atoms with van der Waals surface area (Å²) in [6.45, 7) is 5.83. The molecular formula is C9H15F2N3. The van der Waals surface area contributed by atoms with Crippen LogP contribution in [0.3, 0.4) is 0 Å². The van der Waals surface area contributed by atoms with Gasteiger partial charge in [-0.15, -0.1) is 0 Å². The lowest BCUT2D eigenvalue weighted by atomic mass is 10.3. The third-order valence-corrected chi connectivity index (χ3v) is 1.45. The smallest absolute Gasteiger partial charge is 0.268 e. The normalized spacial score (nSPS) is 9.57. The number of nitrogens with two attached hydrogens (primary N) is 1. The molecule has 0 amide bonds. The van der Waals surface area contributed by atoms with Gasteiger partial charge in [-0.3, -0.25) is 0 Å². The SMILES string of the molecule is CC.CCc1ncc(C(F)F)c(N)n1. The van der Waals surface area contributed by atoms with Crippen LogP contribution in [-0.4, -0.2) is 9.97 Å². The van der Waals surface area contributed by atoms with Gasteiger partial charge in [-0.2, -0.15) is 0 Å². The van der Waals surface area contributed by atoms with Crippen LogP contribution in [0.1, 0.15) is 38.6 Å². The van der Waals surface area contributed by atoms with Crippen LogP contribution >= 0.6 is 0 Å². The van der Waals surface area contributed by atoms with E-state index in [9.17, 15) is 8.78 Å². The first-order chi connectivity index (χ1) is 6.65. The highest BCUT2D eigenvalue weighted by atomic mass is 19.3. The molecule has 1 aromatic heterocycles. The Kier molecular flexibility index (Phi) is 5.67. The van der Waals surface area contributed by atoms with E-state index < -0.39 is 6.43 Å². The number of hydrogen-bond donors (Lipinski definition) is 1. The van der Waals surface area contributed by atoms with E-state index in [4.69, 9.17) is 5.73 Å². The number of nitrogens with zero attached hydrogens (tertiary/aromatic N) is 2. The average Bonchev–Trinajstić information content (AvgIpc) is 2.20. The monoisotopic (exact) mass is 203 g/mol. The molecular weight excluding hydrogens is 188 g/mol.